The zero-order valence-electron chi connectivity index (χ0n) is 10.1. The van der Waals surface area contributed by atoms with Crippen molar-refractivity contribution in [1.29, 1.82) is 0 Å². The highest BCUT2D eigenvalue weighted by Crippen LogP contribution is 2.31. The van der Waals surface area contributed by atoms with Gasteiger partial charge in [-0.3, -0.25) is 14.7 Å². The maximum atomic E-state index is 12.0. The molecule has 1 atom stereocenters. The van der Waals surface area contributed by atoms with Crippen molar-refractivity contribution in [3.8, 4) is 0 Å². The fraction of sp³-hybridized carbons (Fsp3) is 0.250. The number of ether oxygens (including phenoxy) is 1. The van der Waals surface area contributed by atoms with Crippen LogP contribution in [0.2, 0.25) is 0 Å². The molecule has 1 aliphatic heterocycles. The van der Waals surface area contributed by atoms with Crippen LogP contribution in [0.5, 0.6) is 0 Å². The molecule has 18 heavy (non-hydrogen) atoms. The van der Waals surface area contributed by atoms with Gasteiger partial charge in [-0.1, -0.05) is 6.58 Å². The van der Waals surface area contributed by atoms with E-state index >= 15 is 0 Å². The van der Waals surface area contributed by atoms with E-state index in [1.807, 2.05) is 0 Å². The molecule has 94 valence electrons. The molecule has 6 heteroatoms. The molecule has 1 aromatic rings. The summed E-state index contributed by atoms with van der Waals surface area (Å²) >= 11 is 0. The van der Waals surface area contributed by atoms with E-state index < -0.39 is 12.1 Å². The molecule has 1 aromatic heterocycles. The number of rotatable bonds is 1. The molecule has 2 rings (SSSR count). The van der Waals surface area contributed by atoms with Crippen molar-refractivity contribution >= 4 is 23.4 Å². The minimum atomic E-state index is -0.647. The lowest BCUT2D eigenvalue weighted by molar-refractivity contribution is -0.117. The van der Waals surface area contributed by atoms with E-state index in [9.17, 15) is 9.59 Å². The smallest absolute Gasteiger partial charge is 0.415 e. The van der Waals surface area contributed by atoms with Gasteiger partial charge in [0.2, 0.25) is 5.91 Å². The number of carbonyl (C=O) groups is 2. The van der Waals surface area contributed by atoms with Crippen molar-refractivity contribution in [1.82, 2.24) is 4.98 Å². The minimum Gasteiger partial charge on any atom is -0.415 e. The fourth-order valence-corrected chi connectivity index (χ4v) is 1.71. The Balaban J connectivity index is 2.41. The first kappa shape index (κ1) is 12.1. The van der Waals surface area contributed by atoms with Gasteiger partial charge in [-0.2, -0.15) is 0 Å². The van der Waals surface area contributed by atoms with Crippen molar-refractivity contribution in [2.24, 2.45) is 0 Å². The standard InChI is InChI=1S/C12H13N3O3/c1-7(2)18-12(17)15-8(3)11(16)14-9-6-13-5-4-10(9)15/h4-6,8H,1H2,2-3H3,(H,14,16). The summed E-state index contributed by atoms with van der Waals surface area (Å²) in [6.45, 7) is 6.70. The van der Waals surface area contributed by atoms with Crippen molar-refractivity contribution in [3.05, 3.63) is 30.8 Å². The van der Waals surface area contributed by atoms with Crippen LogP contribution in [-0.2, 0) is 9.53 Å². The topological polar surface area (TPSA) is 71.5 Å². The number of pyridine rings is 1. The summed E-state index contributed by atoms with van der Waals surface area (Å²) in [5.41, 5.74) is 1.04. The predicted molar refractivity (Wildman–Crippen MR) is 66.1 cm³/mol. The maximum Gasteiger partial charge on any atom is 0.420 e. The lowest BCUT2D eigenvalue weighted by Crippen LogP contribution is -2.49. The summed E-state index contributed by atoms with van der Waals surface area (Å²) in [6, 6.07) is 0.997. The van der Waals surface area contributed by atoms with E-state index in [4.69, 9.17) is 4.74 Å². The maximum absolute atomic E-state index is 12.0. The highest BCUT2D eigenvalue weighted by atomic mass is 16.6. The molecule has 2 heterocycles. The Bertz CT molecular complexity index is 527. The third-order valence-corrected chi connectivity index (χ3v) is 2.54. The molecule has 0 aliphatic carbocycles. The van der Waals surface area contributed by atoms with Crippen LogP contribution in [-0.4, -0.2) is 23.0 Å². The Morgan fingerprint density at radius 2 is 2.33 bits per heavy atom. The summed E-state index contributed by atoms with van der Waals surface area (Å²) in [7, 11) is 0. The minimum absolute atomic E-state index is 0.272. The van der Waals surface area contributed by atoms with Crippen LogP contribution in [0.15, 0.2) is 30.8 Å². The highest BCUT2D eigenvalue weighted by Gasteiger charge is 2.35. The second kappa shape index (κ2) is 4.48. The van der Waals surface area contributed by atoms with Gasteiger partial charge in [0.1, 0.15) is 6.04 Å². The normalized spacial score (nSPS) is 17.8. The number of nitrogens with zero attached hydrogens (tertiary/aromatic N) is 2. The first-order chi connectivity index (χ1) is 8.50. The van der Waals surface area contributed by atoms with Crippen LogP contribution in [0.25, 0.3) is 0 Å². The van der Waals surface area contributed by atoms with Gasteiger partial charge in [-0.05, 0) is 19.9 Å². The lowest BCUT2D eigenvalue weighted by atomic mass is 10.1. The van der Waals surface area contributed by atoms with Gasteiger partial charge in [0.15, 0.2) is 0 Å². The second-order valence-electron chi connectivity index (χ2n) is 4.00. The van der Waals surface area contributed by atoms with Gasteiger partial charge in [0.25, 0.3) is 0 Å². The van der Waals surface area contributed by atoms with Gasteiger partial charge in [0, 0.05) is 6.20 Å². The molecular weight excluding hydrogens is 234 g/mol. The Kier molecular flexibility index (Phi) is 3.01. The molecule has 6 nitrogen and oxygen atoms in total. The fourth-order valence-electron chi connectivity index (χ4n) is 1.71. The molecule has 1 aliphatic rings. The van der Waals surface area contributed by atoms with E-state index in [-0.39, 0.29) is 11.7 Å². The predicted octanol–water partition coefficient (Wildman–Crippen LogP) is 1.90. The number of carbonyl (C=O) groups excluding carboxylic acids is 2. The number of hydrogen-bond acceptors (Lipinski definition) is 4. The SMILES string of the molecule is C=C(C)OC(=O)N1c2ccncc2NC(=O)C1C. The Morgan fingerprint density at radius 3 is 3.00 bits per heavy atom. The van der Waals surface area contributed by atoms with Crippen molar-refractivity contribution in [2.45, 2.75) is 19.9 Å². The molecule has 0 fully saturated rings. The number of nitrogens with one attached hydrogen (secondary N) is 1. The Labute approximate surface area is 104 Å². The second-order valence-corrected chi connectivity index (χ2v) is 4.00. The van der Waals surface area contributed by atoms with Crippen molar-refractivity contribution in [2.75, 3.05) is 10.2 Å². The molecule has 1 unspecified atom stereocenters. The Morgan fingerprint density at radius 1 is 1.61 bits per heavy atom. The van der Waals surface area contributed by atoms with Gasteiger partial charge in [0.05, 0.1) is 23.3 Å². The average molecular weight is 247 g/mol. The molecule has 0 saturated carbocycles. The molecule has 0 aromatic carbocycles. The number of allylic oxidation sites excluding steroid dienone is 1. The summed E-state index contributed by atoms with van der Waals surface area (Å²) in [6.07, 6.45) is 2.40. The summed E-state index contributed by atoms with van der Waals surface area (Å²) in [5, 5.41) is 2.67. The average Bonchev–Trinajstić information content (AvgIpc) is 2.29. The van der Waals surface area contributed by atoms with Crippen molar-refractivity contribution < 1.29 is 14.3 Å². The van der Waals surface area contributed by atoms with Gasteiger partial charge in [-0.25, -0.2) is 4.79 Å². The van der Waals surface area contributed by atoms with E-state index in [0.29, 0.717) is 11.4 Å². The van der Waals surface area contributed by atoms with Crippen LogP contribution in [0.1, 0.15) is 13.8 Å². The molecule has 0 radical (unpaired) electrons. The van der Waals surface area contributed by atoms with Gasteiger partial charge < -0.3 is 10.1 Å². The first-order valence-corrected chi connectivity index (χ1v) is 5.42. The zero-order valence-corrected chi connectivity index (χ0v) is 10.1. The van der Waals surface area contributed by atoms with Gasteiger partial charge in [-0.15, -0.1) is 0 Å². The molecule has 1 N–H and O–H groups in total. The summed E-state index contributed by atoms with van der Waals surface area (Å²) in [5.74, 6) is -0.0112. The molecule has 2 amide bonds. The van der Waals surface area contributed by atoms with Crippen LogP contribution in [0.4, 0.5) is 16.2 Å². The largest absolute Gasteiger partial charge is 0.420 e. The van der Waals surface area contributed by atoms with Crippen LogP contribution < -0.4 is 10.2 Å². The first-order valence-electron chi connectivity index (χ1n) is 5.42. The molecular formula is C12H13N3O3. The highest BCUT2D eigenvalue weighted by molar-refractivity contribution is 6.10. The third-order valence-electron chi connectivity index (χ3n) is 2.54. The Hall–Kier alpha value is -2.37. The quantitative estimate of drug-likeness (QED) is 0.769. The van der Waals surface area contributed by atoms with Crippen LogP contribution >= 0.6 is 0 Å². The molecule has 0 saturated heterocycles. The van der Waals surface area contributed by atoms with Crippen LogP contribution in [0.3, 0.4) is 0 Å². The summed E-state index contributed by atoms with van der Waals surface area (Å²) < 4.78 is 4.96. The van der Waals surface area contributed by atoms with E-state index in [1.54, 1.807) is 26.1 Å². The number of aromatic nitrogens is 1. The van der Waals surface area contributed by atoms with Crippen molar-refractivity contribution in [3.63, 3.8) is 0 Å². The number of fused-ring (bicyclic) bond motifs is 1. The number of anilines is 2. The lowest BCUT2D eigenvalue weighted by Gasteiger charge is -2.33. The number of hydrogen-bond donors (Lipinski definition) is 1. The van der Waals surface area contributed by atoms with E-state index in [0.717, 1.165) is 0 Å². The summed E-state index contributed by atoms with van der Waals surface area (Å²) in [4.78, 5) is 28.9. The molecule has 0 bridgehead atoms. The van der Waals surface area contributed by atoms with E-state index in [1.165, 1.54) is 11.1 Å². The third kappa shape index (κ3) is 2.04. The van der Waals surface area contributed by atoms with Gasteiger partial charge >= 0.3 is 6.09 Å². The monoisotopic (exact) mass is 247 g/mol. The zero-order chi connectivity index (χ0) is 13.3. The van der Waals surface area contributed by atoms with E-state index in [2.05, 4.69) is 16.9 Å². The van der Waals surface area contributed by atoms with Crippen LogP contribution in [0, 0.1) is 0 Å². The number of amides is 2. The molecule has 0 spiro atoms.